The Morgan fingerprint density at radius 1 is 1.25 bits per heavy atom. The van der Waals surface area contributed by atoms with Crippen LogP contribution in [-0.4, -0.2) is 19.7 Å². The summed E-state index contributed by atoms with van der Waals surface area (Å²) in [7, 11) is 0. The second kappa shape index (κ2) is 7.38. The molecular formula is C11H14BrCl2NO. The van der Waals surface area contributed by atoms with Crippen LogP contribution in [-0.2, 0) is 0 Å². The molecule has 1 aromatic rings. The number of hydrogen-bond acceptors (Lipinski definition) is 2. The van der Waals surface area contributed by atoms with Crippen molar-refractivity contribution in [1.29, 1.82) is 0 Å². The number of halogens is 3. The summed E-state index contributed by atoms with van der Waals surface area (Å²) >= 11 is 15.3. The van der Waals surface area contributed by atoms with E-state index in [1.165, 1.54) is 0 Å². The van der Waals surface area contributed by atoms with Crippen molar-refractivity contribution in [3.05, 3.63) is 26.7 Å². The van der Waals surface area contributed by atoms with Gasteiger partial charge in [-0.05, 0) is 35.0 Å². The third-order valence-corrected chi connectivity index (χ3v) is 3.43. The van der Waals surface area contributed by atoms with Crippen molar-refractivity contribution >= 4 is 39.1 Å². The van der Waals surface area contributed by atoms with Crippen molar-refractivity contribution in [3.8, 4) is 5.75 Å². The van der Waals surface area contributed by atoms with E-state index in [-0.39, 0.29) is 0 Å². The maximum atomic E-state index is 6.01. The molecule has 0 aliphatic carbocycles. The van der Waals surface area contributed by atoms with Gasteiger partial charge in [-0.15, -0.1) is 0 Å². The summed E-state index contributed by atoms with van der Waals surface area (Å²) in [5, 5.41) is 4.40. The molecule has 0 amide bonds. The molecule has 0 saturated carbocycles. The van der Waals surface area contributed by atoms with Gasteiger partial charge in [0.1, 0.15) is 12.4 Å². The van der Waals surface area contributed by atoms with E-state index < -0.39 is 0 Å². The Morgan fingerprint density at radius 2 is 2.00 bits per heavy atom. The number of benzene rings is 1. The second-order valence-electron chi connectivity index (χ2n) is 3.30. The predicted octanol–water partition coefficient (Wildman–Crippen LogP) is 4.13. The van der Waals surface area contributed by atoms with Crippen LogP contribution in [0.25, 0.3) is 0 Å². The molecule has 1 N–H and O–H groups in total. The minimum Gasteiger partial charge on any atom is -0.491 e. The van der Waals surface area contributed by atoms with E-state index in [2.05, 4.69) is 28.2 Å². The Hall–Kier alpha value is 0.0400. The maximum Gasteiger partial charge on any atom is 0.139 e. The van der Waals surface area contributed by atoms with Gasteiger partial charge in [-0.2, -0.15) is 0 Å². The van der Waals surface area contributed by atoms with Gasteiger partial charge in [-0.3, -0.25) is 0 Å². The van der Waals surface area contributed by atoms with Crippen LogP contribution in [0.15, 0.2) is 16.6 Å². The highest BCUT2D eigenvalue weighted by molar-refractivity contribution is 9.10. The van der Waals surface area contributed by atoms with Crippen LogP contribution in [0.5, 0.6) is 5.75 Å². The van der Waals surface area contributed by atoms with Crippen LogP contribution in [0, 0.1) is 0 Å². The van der Waals surface area contributed by atoms with Gasteiger partial charge in [0.05, 0.1) is 10.0 Å². The molecule has 0 spiro atoms. The minimum atomic E-state index is 0.562. The van der Waals surface area contributed by atoms with Gasteiger partial charge in [0.2, 0.25) is 0 Å². The lowest BCUT2D eigenvalue weighted by atomic mass is 10.3. The van der Waals surface area contributed by atoms with Crippen LogP contribution in [0.1, 0.15) is 13.3 Å². The van der Waals surface area contributed by atoms with E-state index in [0.717, 1.165) is 24.0 Å². The van der Waals surface area contributed by atoms with Gasteiger partial charge >= 0.3 is 0 Å². The van der Waals surface area contributed by atoms with Gasteiger partial charge in [-0.25, -0.2) is 0 Å². The molecule has 0 radical (unpaired) electrons. The number of ether oxygens (including phenoxy) is 1. The molecule has 16 heavy (non-hydrogen) atoms. The van der Waals surface area contributed by atoms with E-state index in [0.29, 0.717) is 22.4 Å². The molecule has 0 atom stereocenters. The third kappa shape index (κ3) is 4.50. The van der Waals surface area contributed by atoms with E-state index >= 15 is 0 Å². The number of hydrogen-bond donors (Lipinski definition) is 1. The maximum absolute atomic E-state index is 6.01. The first-order valence-electron chi connectivity index (χ1n) is 5.13. The molecule has 0 bridgehead atoms. The molecule has 0 heterocycles. The van der Waals surface area contributed by atoms with Gasteiger partial charge in [0, 0.05) is 17.1 Å². The molecule has 90 valence electrons. The lowest BCUT2D eigenvalue weighted by molar-refractivity contribution is 0.314. The van der Waals surface area contributed by atoms with Crippen LogP contribution >= 0.6 is 39.1 Å². The van der Waals surface area contributed by atoms with E-state index in [1.54, 1.807) is 12.1 Å². The molecule has 5 heteroatoms. The summed E-state index contributed by atoms with van der Waals surface area (Å²) in [5.41, 5.74) is 0. The molecule has 1 rings (SSSR count). The summed E-state index contributed by atoms with van der Waals surface area (Å²) in [4.78, 5) is 0. The van der Waals surface area contributed by atoms with Crippen molar-refractivity contribution < 1.29 is 4.74 Å². The van der Waals surface area contributed by atoms with E-state index in [9.17, 15) is 0 Å². The largest absolute Gasteiger partial charge is 0.491 e. The highest BCUT2D eigenvalue weighted by Crippen LogP contribution is 2.33. The lowest BCUT2D eigenvalue weighted by Crippen LogP contribution is -2.21. The van der Waals surface area contributed by atoms with Gasteiger partial charge in [0.15, 0.2) is 0 Å². The standard InChI is InChI=1S/C11H14BrCl2NO/c1-2-3-15-4-5-16-11-7-9(13)8(12)6-10(11)14/h6-7,15H,2-5H2,1H3. The zero-order valence-corrected chi connectivity index (χ0v) is 12.1. The van der Waals surface area contributed by atoms with Crippen LogP contribution in [0.3, 0.4) is 0 Å². The second-order valence-corrected chi connectivity index (χ2v) is 4.96. The first-order chi connectivity index (χ1) is 7.65. The third-order valence-electron chi connectivity index (χ3n) is 1.94. The van der Waals surface area contributed by atoms with Gasteiger partial charge in [0.25, 0.3) is 0 Å². The lowest BCUT2D eigenvalue weighted by Gasteiger charge is -2.09. The van der Waals surface area contributed by atoms with Gasteiger partial charge in [-0.1, -0.05) is 30.1 Å². The van der Waals surface area contributed by atoms with Crippen molar-refractivity contribution in [1.82, 2.24) is 5.32 Å². The van der Waals surface area contributed by atoms with Gasteiger partial charge < -0.3 is 10.1 Å². The van der Waals surface area contributed by atoms with Crippen LogP contribution in [0.2, 0.25) is 10.0 Å². The summed E-state index contributed by atoms with van der Waals surface area (Å²) in [6.07, 6.45) is 1.12. The Bertz CT molecular complexity index is 347. The average Bonchev–Trinajstić information content (AvgIpc) is 2.25. The highest BCUT2D eigenvalue weighted by Gasteiger charge is 2.06. The molecule has 0 aromatic heterocycles. The fourth-order valence-electron chi connectivity index (χ4n) is 1.15. The quantitative estimate of drug-likeness (QED) is 0.626. The summed E-state index contributed by atoms with van der Waals surface area (Å²) in [6, 6.07) is 3.45. The highest BCUT2D eigenvalue weighted by atomic mass is 79.9. The number of rotatable bonds is 6. The Morgan fingerprint density at radius 3 is 2.69 bits per heavy atom. The zero-order chi connectivity index (χ0) is 12.0. The molecule has 0 aliphatic heterocycles. The first kappa shape index (κ1) is 14.1. The molecule has 0 saturated heterocycles. The van der Waals surface area contributed by atoms with Crippen molar-refractivity contribution in [3.63, 3.8) is 0 Å². The monoisotopic (exact) mass is 325 g/mol. The smallest absolute Gasteiger partial charge is 0.139 e. The molecule has 0 unspecified atom stereocenters. The molecule has 0 fully saturated rings. The van der Waals surface area contributed by atoms with E-state index in [4.69, 9.17) is 27.9 Å². The molecule has 1 aromatic carbocycles. The number of nitrogens with one attached hydrogen (secondary N) is 1. The Labute approximate surface area is 114 Å². The topological polar surface area (TPSA) is 21.3 Å². The average molecular weight is 327 g/mol. The molecule has 0 aliphatic rings. The summed E-state index contributed by atoms with van der Waals surface area (Å²) in [5.74, 6) is 0.619. The van der Waals surface area contributed by atoms with Crippen molar-refractivity contribution in [2.45, 2.75) is 13.3 Å². The Balaban J connectivity index is 2.45. The fraction of sp³-hybridized carbons (Fsp3) is 0.455. The first-order valence-corrected chi connectivity index (χ1v) is 6.68. The summed E-state index contributed by atoms with van der Waals surface area (Å²) in [6.45, 7) is 4.51. The molecule has 2 nitrogen and oxygen atoms in total. The van der Waals surface area contributed by atoms with Crippen molar-refractivity contribution in [2.75, 3.05) is 19.7 Å². The van der Waals surface area contributed by atoms with Crippen LogP contribution < -0.4 is 10.1 Å². The van der Waals surface area contributed by atoms with Crippen LogP contribution in [0.4, 0.5) is 0 Å². The van der Waals surface area contributed by atoms with E-state index in [1.807, 2.05) is 0 Å². The SMILES string of the molecule is CCCNCCOc1cc(Cl)c(Br)cc1Cl. The minimum absolute atomic E-state index is 0.562. The Kier molecular flexibility index (Phi) is 6.51. The predicted molar refractivity (Wildman–Crippen MR) is 72.8 cm³/mol. The van der Waals surface area contributed by atoms with Crippen molar-refractivity contribution in [2.24, 2.45) is 0 Å². The summed E-state index contributed by atoms with van der Waals surface area (Å²) < 4.78 is 6.29. The fourth-order valence-corrected chi connectivity index (χ4v) is 2.00. The molecular weight excluding hydrogens is 313 g/mol. The zero-order valence-electron chi connectivity index (χ0n) is 9.03. The normalized spacial score (nSPS) is 10.5.